The Morgan fingerprint density at radius 1 is 1.44 bits per heavy atom. The van der Waals surface area contributed by atoms with E-state index in [2.05, 4.69) is 15.5 Å². The summed E-state index contributed by atoms with van der Waals surface area (Å²) in [6.45, 7) is 2.59. The molecular weight excluding hydrogens is 227 g/mol. The lowest BCUT2D eigenvalue weighted by atomic mass is 9.93. The first-order valence-corrected chi connectivity index (χ1v) is 5.94. The topological polar surface area (TPSA) is 80.9 Å². The Morgan fingerprint density at radius 3 is 2.94 bits per heavy atom. The van der Waals surface area contributed by atoms with Crippen molar-refractivity contribution in [1.82, 2.24) is 15.5 Å². The number of hydrogen-bond donors (Lipinski definition) is 2. The number of nitrogen functional groups attached to an aromatic ring is 1. The van der Waals surface area contributed by atoms with Crippen LogP contribution in [0.2, 0.25) is 0 Å². The molecule has 5 nitrogen and oxygen atoms in total. The lowest BCUT2D eigenvalue weighted by Gasteiger charge is -2.08. The van der Waals surface area contributed by atoms with Crippen LogP contribution >= 0.6 is 0 Å². The van der Waals surface area contributed by atoms with Crippen LogP contribution in [0.25, 0.3) is 10.9 Å². The third-order valence-corrected chi connectivity index (χ3v) is 2.78. The molecule has 0 atom stereocenters. The molecule has 18 heavy (non-hydrogen) atoms. The van der Waals surface area contributed by atoms with E-state index in [0.29, 0.717) is 12.2 Å². The van der Waals surface area contributed by atoms with Gasteiger partial charge in [0.15, 0.2) is 5.69 Å². The number of anilines is 1. The number of fused-ring (bicyclic) bond motifs is 1. The number of nitrogens with two attached hydrogens (primary N) is 1. The second-order valence-corrected chi connectivity index (χ2v) is 4.19. The normalized spacial score (nSPS) is 10.5. The van der Waals surface area contributed by atoms with Crippen LogP contribution in [0.4, 0.5) is 5.69 Å². The van der Waals surface area contributed by atoms with Gasteiger partial charge < -0.3 is 11.1 Å². The summed E-state index contributed by atoms with van der Waals surface area (Å²) >= 11 is 0. The summed E-state index contributed by atoms with van der Waals surface area (Å²) in [5.74, 6) is -0.273. The van der Waals surface area contributed by atoms with E-state index in [4.69, 9.17) is 5.73 Å². The van der Waals surface area contributed by atoms with Crippen LogP contribution in [-0.2, 0) is 0 Å². The van der Waals surface area contributed by atoms with E-state index in [1.165, 1.54) is 0 Å². The van der Waals surface area contributed by atoms with Gasteiger partial charge >= 0.3 is 0 Å². The van der Waals surface area contributed by atoms with E-state index >= 15 is 0 Å². The highest BCUT2D eigenvalue weighted by molar-refractivity contribution is 6.38. The molecule has 0 saturated heterocycles. The first-order valence-electron chi connectivity index (χ1n) is 5.94. The van der Waals surface area contributed by atoms with Crippen molar-refractivity contribution in [1.29, 1.82) is 0 Å². The Kier molecular flexibility index (Phi) is 3.46. The van der Waals surface area contributed by atoms with Crippen LogP contribution in [0.5, 0.6) is 0 Å². The predicted molar refractivity (Wildman–Crippen MR) is 74.8 cm³/mol. The maximum atomic E-state index is 11.9. The SMILES string of the molecule is Bc1cccc2c(N)c(C(=O)NCCC)nnc12. The van der Waals surface area contributed by atoms with Crippen LogP contribution < -0.4 is 16.5 Å². The molecule has 0 radical (unpaired) electrons. The van der Waals surface area contributed by atoms with Crippen molar-refractivity contribution in [3.05, 3.63) is 23.9 Å². The third-order valence-electron chi connectivity index (χ3n) is 2.78. The fraction of sp³-hybridized carbons (Fsp3) is 0.250. The van der Waals surface area contributed by atoms with Crippen molar-refractivity contribution >= 4 is 35.8 Å². The average Bonchev–Trinajstić information content (AvgIpc) is 2.37. The minimum atomic E-state index is -0.273. The Morgan fingerprint density at radius 2 is 2.22 bits per heavy atom. The van der Waals surface area contributed by atoms with Crippen molar-refractivity contribution < 1.29 is 4.79 Å². The van der Waals surface area contributed by atoms with Gasteiger partial charge in [0, 0.05) is 11.9 Å². The first kappa shape index (κ1) is 12.4. The van der Waals surface area contributed by atoms with Gasteiger partial charge in [0.25, 0.3) is 5.91 Å². The molecule has 0 aliphatic heterocycles. The maximum Gasteiger partial charge on any atom is 0.273 e. The molecule has 3 N–H and O–H groups in total. The van der Waals surface area contributed by atoms with Crippen LogP contribution in [0, 0.1) is 0 Å². The van der Waals surface area contributed by atoms with Crippen molar-refractivity contribution in [2.24, 2.45) is 0 Å². The number of nitrogens with zero attached hydrogens (tertiary/aromatic N) is 2. The second-order valence-electron chi connectivity index (χ2n) is 4.19. The molecule has 0 bridgehead atoms. The van der Waals surface area contributed by atoms with Gasteiger partial charge in [-0.2, -0.15) is 5.10 Å². The maximum absolute atomic E-state index is 11.9. The molecule has 0 aliphatic carbocycles. The highest BCUT2D eigenvalue weighted by Gasteiger charge is 2.15. The minimum absolute atomic E-state index is 0.196. The number of rotatable bonds is 3. The molecule has 0 unspecified atom stereocenters. The van der Waals surface area contributed by atoms with E-state index in [1.807, 2.05) is 33.0 Å². The smallest absolute Gasteiger partial charge is 0.273 e. The Bertz CT molecular complexity index is 600. The van der Waals surface area contributed by atoms with Gasteiger partial charge in [-0.3, -0.25) is 4.79 Å². The number of hydrogen-bond acceptors (Lipinski definition) is 4. The molecular formula is C12H15BN4O. The zero-order valence-electron chi connectivity index (χ0n) is 10.5. The molecule has 0 aliphatic rings. The van der Waals surface area contributed by atoms with Crippen LogP contribution in [0.3, 0.4) is 0 Å². The van der Waals surface area contributed by atoms with E-state index < -0.39 is 0 Å². The quantitative estimate of drug-likeness (QED) is 0.718. The van der Waals surface area contributed by atoms with Gasteiger partial charge in [-0.1, -0.05) is 30.6 Å². The summed E-state index contributed by atoms with van der Waals surface area (Å²) in [5.41, 5.74) is 8.31. The van der Waals surface area contributed by atoms with Gasteiger partial charge in [-0.15, -0.1) is 5.10 Å². The lowest BCUT2D eigenvalue weighted by Crippen LogP contribution is -2.26. The number of benzene rings is 1. The molecule has 92 valence electrons. The Hall–Kier alpha value is -2.11. The second kappa shape index (κ2) is 5.04. The molecule has 6 heteroatoms. The molecule has 0 spiro atoms. The van der Waals surface area contributed by atoms with Gasteiger partial charge in [-0.05, 0) is 6.42 Å². The molecule has 2 rings (SSSR count). The number of carbonyl (C=O) groups is 1. The van der Waals surface area contributed by atoms with Crippen molar-refractivity contribution in [3.8, 4) is 0 Å². The Balaban J connectivity index is 2.48. The average molecular weight is 242 g/mol. The van der Waals surface area contributed by atoms with Crippen molar-refractivity contribution in [2.45, 2.75) is 13.3 Å². The third kappa shape index (κ3) is 2.14. The predicted octanol–water partition coefficient (Wildman–Crippen LogP) is -0.390. The van der Waals surface area contributed by atoms with E-state index in [-0.39, 0.29) is 11.6 Å². The molecule has 1 aromatic carbocycles. The van der Waals surface area contributed by atoms with E-state index in [1.54, 1.807) is 0 Å². The first-order chi connectivity index (χ1) is 8.65. The molecule has 0 saturated carbocycles. The van der Waals surface area contributed by atoms with Crippen LogP contribution in [0.15, 0.2) is 18.2 Å². The summed E-state index contributed by atoms with van der Waals surface area (Å²) in [7, 11) is 1.94. The Labute approximate surface area is 106 Å². The summed E-state index contributed by atoms with van der Waals surface area (Å²) in [4.78, 5) is 11.9. The molecule has 1 heterocycles. The highest BCUT2D eigenvalue weighted by Crippen LogP contribution is 2.19. The lowest BCUT2D eigenvalue weighted by molar-refractivity contribution is 0.0949. The van der Waals surface area contributed by atoms with Gasteiger partial charge in [-0.25, -0.2) is 0 Å². The summed E-state index contributed by atoms with van der Waals surface area (Å²) in [6, 6.07) is 5.68. The van der Waals surface area contributed by atoms with Crippen molar-refractivity contribution in [3.63, 3.8) is 0 Å². The summed E-state index contributed by atoms with van der Waals surface area (Å²) < 4.78 is 0. The van der Waals surface area contributed by atoms with Gasteiger partial charge in [0.05, 0.1) is 11.2 Å². The van der Waals surface area contributed by atoms with Crippen molar-refractivity contribution in [2.75, 3.05) is 12.3 Å². The highest BCUT2D eigenvalue weighted by atomic mass is 16.1. The zero-order chi connectivity index (χ0) is 13.1. The summed E-state index contributed by atoms with van der Waals surface area (Å²) in [6.07, 6.45) is 0.867. The molecule has 2 aromatic rings. The zero-order valence-corrected chi connectivity index (χ0v) is 10.5. The van der Waals surface area contributed by atoms with Gasteiger partial charge in [0.1, 0.15) is 7.85 Å². The molecule has 1 amide bonds. The van der Waals surface area contributed by atoms with Crippen LogP contribution in [0.1, 0.15) is 23.8 Å². The number of aromatic nitrogens is 2. The number of carbonyl (C=O) groups excluding carboxylic acids is 1. The largest absolute Gasteiger partial charge is 0.396 e. The van der Waals surface area contributed by atoms with E-state index in [9.17, 15) is 4.79 Å². The fourth-order valence-corrected chi connectivity index (χ4v) is 1.78. The number of amides is 1. The minimum Gasteiger partial charge on any atom is -0.396 e. The van der Waals surface area contributed by atoms with E-state index in [0.717, 1.165) is 22.8 Å². The standard InChI is InChI=1S/C12H15BN4O/c1-2-6-15-12(18)11-9(14)7-4-3-5-8(13)10(7)16-17-11/h3-5H,2,6,13H2,1H3,(H2,14,16)(H,15,18). The molecule has 1 aromatic heterocycles. The summed E-state index contributed by atoms with van der Waals surface area (Å²) in [5, 5.41) is 11.5. The monoisotopic (exact) mass is 242 g/mol. The fourth-order valence-electron chi connectivity index (χ4n) is 1.78. The van der Waals surface area contributed by atoms with Crippen LogP contribution in [-0.4, -0.2) is 30.5 Å². The molecule has 0 fully saturated rings. The van der Waals surface area contributed by atoms with Gasteiger partial charge in [0.2, 0.25) is 0 Å². The number of nitrogens with one attached hydrogen (secondary N) is 1.